The van der Waals surface area contributed by atoms with Crippen LogP contribution < -0.4 is 15.5 Å². The van der Waals surface area contributed by atoms with E-state index in [9.17, 15) is 14.4 Å². The number of furan rings is 1. The van der Waals surface area contributed by atoms with Gasteiger partial charge in [-0.15, -0.1) is 11.8 Å². The quantitative estimate of drug-likeness (QED) is 0.112. The van der Waals surface area contributed by atoms with Gasteiger partial charge in [-0.05, 0) is 72.1 Å². The van der Waals surface area contributed by atoms with Crippen LogP contribution in [-0.4, -0.2) is 24.3 Å². The number of thioether (sulfide) groups is 1. The lowest BCUT2D eigenvalue weighted by Crippen LogP contribution is -2.32. The molecule has 0 spiro atoms. The van der Waals surface area contributed by atoms with Crippen molar-refractivity contribution < 1.29 is 18.8 Å². The Balaban J connectivity index is 1.10. The lowest BCUT2D eigenvalue weighted by atomic mass is 10.1. The molecule has 1 atom stereocenters. The van der Waals surface area contributed by atoms with Gasteiger partial charge in [0.1, 0.15) is 22.5 Å². The highest BCUT2D eigenvalue weighted by Gasteiger charge is 2.31. The van der Waals surface area contributed by atoms with Gasteiger partial charge in [0, 0.05) is 40.0 Å². The first-order valence-corrected chi connectivity index (χ1v) is 17.2. The van der Waals surface area contributed by atoms with E-state index in [0.29, 0.717) is 29.3 Å². The van der Waals surface area contributed by atoms with E-state index in [1.807, 2.05) is 108 Å². The Morgan fingerprint density at radius 3 is 2.12 bits per heavy atom. The van der Waals surface area contributed by atoms with E-state index >= 15 is 0 Å². The third-order valence-corrected chi connectivity index (χ3v) is 9.60. The van der Waals surface area contributed by atoms with Crippen LogP contribution in [0.5, 0.6) is 0 Å². The highest BCUT2D eigenvalue weighted by Crippen LogP contribution is 2.40. The zero-order chi connectivity index (χ0) is 34.3. The molecule has 8 heteroatoms. The van der Waals surface area contributed by atoms with Gasteiger partial charge >= 0.3 is 0 Å². The lowest BCUT2D eigenvalue weighted by molar-refractivity contribution is -0.118. The van der Waals surface area contributed by atoms with Crippen molar-refractivity contribution in [3.63, 3.8) is 0 Å². The second kappa shape index (κ2) is 15.0. The molecular weight excluding hydrogens is 643 g/mol. The summed E-state index contributed by atoms with van der Waals surface area (Å²) in [5, 5.41) is 5.20. The molecule has 50 heavy (non-hydrogen) atoms. The van der Waals surface area contributed by atoms with Gasteiger partial charge < -0.3 is 20.0 Å². The molecule has 0 aliphatic carbocycles. The maximum Gasteiger partial charge on any atom is 0.272 e. The van der Waals surface area contributed by atoms with Gasteiger partial charge in [-0.3, -0.25) is 14.4 Å². The standard InChI is InChI=1S/C42H33N3O4S/c46-40(32-17-8-3-9-18-32)44-36(28-34-22-25-38(49-34)30-13-4-1-5-14-30)41(47)43-33-20-23-35(24-21-33)50-39(31-15-6-2-7-16-31)42(48)45-27-26-29-12-10-11-19-37(29)45/h1-25,28,39H,26-27H2,(H,43,47)(H,44,46)/b36-28+/t39-/m1/s1. The van der Waals surface area contributed by atoms with Crippen molar-refractivity contribution in [2.45, 2.75) is 16.6 Å². The molecule has 0 fully saturated rings. The summed E-state index contributed by atoms with van der Waals surface area (Å²) in [5.74, 6) is 0.135. The summed E-state index contributed by atoms with van der Waals surface area (Å²) in [6.45, 7) is 0.648. The number of fused-ring (bicyclic) bond motifs is 1. The summed E-state index contributed by atoms with van der Waals surface area (Å²) in [5.41, 5.74) is 4.91. The first kappa shape index (κ1) is 32.4. The Morgan fingerprint density at radius 1 is 0.720 bits per heavy atom. The molecule has 1 aliphatic heterocycles. The SMILES string of the molecule is O=C(Nc1ccc(S[C@@H](C(=O)N2CCc3ccccc32)c2ccccc2)cc1)/C(=C\c1ccc(-c2ccccc2)o1)NC(=O)c1ccccc1. The van der Waals surface area contributed by atoms with Crippen LogP contribution >= 0.6 is 11.8 Å². The van der Waals surface area contributed by atoms with Gasteiger partial charge in [0.2, 0.25) is 5.91 Å². The molecule has 0 saturated carbocycles. The van der Waals surface area contributed by atoms with Crippen molar-refractivity contribution in [1.29, 1.82) is 0 Å². The second-order valence-corrected chi connectivity index (χ2v) is 12.9. The average molecular weight is 676 g/mol. The number of benzene rings is 5. The van der Waals surface area contributed by atoms with E-state index in [-0.39, 0.29) is 11.6 Å². The Bertz CT molecular complexity index is 2150. The predicted octanol–water partition coefficient (Wildman–Crippen LogP) is 8.78. The number of para-hydroxylation sites is 1. The topological polar surface area (TPSA) is 91.7 Å². The molecule has 6 aromatic rings. The lowest BCUT2D eigenvalue weighted by Gasteiger charge is -2.24. The number of carbonyl (C=O) groups excluding carboxylic acids is 3. The molecule has 0 unspecified atom stereocenters. The monoisotopic (exact) mass is 675 g/mol. The van der Waals surface area contributed by atoms with E-state index in [0.717, 1.165) is 28.1 Å². The Labute approximate surface area is 294 Å². The maximum atomic E-state index is 14.0. The minimum atomic E-state index is -0.516. The predicted molar refractivity (Wildman–Crippen MR) is 199 cm³/mol. The minimum absolute atomic E-state index is 0.0203. The Morgan fingerprint density at radius 2 is 1.38 bits per heavy atom. The van der Waals surface area contributed by atoms with Crippen molar-refractivity contribution in [3.05, 3.63) is 180 Å². The number of nitrogens with one attached hydrogen (secondary N) is 2. The molecule has 1 aromatic heterocycles. The molecule has 2 N–H and O–H groups in total. The van der Waals surface area contributed by atoms with Crippen molar-refractivity contribution in [3.8, 4) is 11.3 Å². The van der Waals surface area contributed by atoms with E-state index in [4.69, 9.17) is 4.42 Å². The van der Waals surface area contributed by atoms with Gasteiger partial charge in [0.05, 0.1) is 0 Å². The van der Waals surface area contributed by atoms with Crippen LogP contribution in [-0.2, 0) is 16.0 Å². The summed E-state index contributed by atoms with van der Waals surface area (Å²) in [4.78, 5) is 43.5. The zero-order valence-electron chi connectivity index (χ0n) is 27.0. The fourth-order valence-electron chi connectivity index (χ4n) is 5.82. The summed E-state index contributed by atoms with van der Waals surface area (Å²) < 4.78 is 6.01. The third kappa shape index (κ3) is 7.46. The molecule has 3 amide bonds. The van der Waals surface area contributed by atoms with Gasteiger partial charge in [-0.25, -0.2) is 0 Å². The number of carbonyl (C=O) groups is 3. The van der Waals surface area contributed by atoms with Crippen LogP contribution in [0.3, 0.4) is 0 Å². The number of anilines is 2. The van der Waals surface area contributed by atoms with E-state index in [1.54, 1.807) is 42.5 Å². The van der Waals surface area contributed by atoms with E-state index in [2.05, 4.69) is 16.7 Å². The summed E-state index contributed by atoms with van der Waals surface area (Å²) in [6.07, 6.45) is 2.35. The van der Waals surface area contributed by atoms with E-state index in [1.165, 1.54) is 23.4 Å². The number of nitrogens with zero attached hydrogens (tertiary/aromatic N) is 1. The van der Waals surface area contributed by atoms with Crippen LogP contribution in [0, 0.1) is 0 Å². The molecule has 246 valence electrons. The van der Waals surface area contributed by atoms with Crippen LogP contribution in [0.1, 0.15) is 32.5 Å². The average Bonchev–Trinajstić information content (AvgIpc) is 3.83. The zero-order valence-corrected chi connectivity index (χ0v) is 27.8. The largest absolute Gasteiger partial charge is 0.457 e. The molecule has 2 heterocycles. The van der Waals surface area contributed by atoms with Crippen molar-refractivity contribution in [2.24, 2.45) is 0 Å². The summed E-state index contributed by atoms with van der Waals surface area (Å²) >= 11 is 1.47. The Hall–Kier alpha value is -6.12. The van der Waals surface area contributed by atoms with Gasteiger partial charge in [0.25, 0.3) is 11.8 Å². The number of amides is 3. The third-order valence-electron chi connectivity index (χ3n) is 8.35. The smallest absolute Gasteiger partial charge is 0.272 e. The molecule has 7 nitrogen and oxygen atoms in total. The van der Waals surface area contributed by atoms with Crippen molar-refractivity contribution >= 4 is 46.9 Å². The second-order valence-electron chi connectivity index (χ2n) is 11.7. The highest BCUT2D eigenvalue weighted by molar-refractivity contribution is 8.00. The molecule has 0 radical (unpaired) electrons. The van der Waals surface area contributed by atoms with Crippen molar-refractivity contribution in [2.75, 3.05) is 16.8 Å². The molecule has 1 aliphatic rings. The first-order valence-electron chi connectivity index (χ1n) is 16.3. The van der Waals surface area contributed by atoms with Crippen LogP contribution in [0.4, 0.5) is 11.4 Å². The Kier molecular flexibility index (Phi) is 9.71. The number of hydrogen-bond acceptors (Lipinski definition) is 5. The molecule has 7 rings (SSSR count). The summed E-state index contributed by atoms with van der Waals surface area (Å²) in [7, 11) is 0. The first-order chi connectivity index (χ1) is 24.5. The van der Waals surface area contributed by atoms with E-state index < -0.39 is 17.1 Å². The fraction of sp³-hybridized carbons (Fsp3) is 0.0714. The van der Waals surface area contributed by atoms with Gasteiger partial charge in [-0.2, -0.15) is 0 Å². The molecular formula is C42H33N3O4S. The minimum Gasteiger partial charge on any atom is -0.457 e. The van der Waals surface area contributed by atoms with Gasteiger partial charge in [0.15, 0.2) is 0 Å². The summed E-state index contributed by atoms with van der Waals surface area (Å²) in [6, 6.07) is 47.1. The van der Waals surface area contributed by atoms with Crippen LogP contribution in [0.25, 0.3) is 17.4 Å². The van der Waals surface area contributed by atoms with Gasteiger partial charge in [-0.1, -0.05) is 97.1 Å². The van der Waals surface area contributed by atoms with Crippen LogP contribution in [0.15, 0.2) is 167 Å². The number of hydrogen-bond donors (Lipinski definition) is 2. The van der Waals surface area contributed by atoms with Crippen LogP contribution in [0.2, 0.25) is 0 Å². The molecule has 0 saturated heterocycles. The van der Waals surface area contributed by atoms with Crippen molar-refractivity contribution in [1.82, 2.24) is 5.32 Å². The number of rotatable bonds is 10. The highest BCUT2D eigenvalue weighted by atomic mass is 32.2. The fourth-order valence-corrected chi connectivity index (χ4v) is 6.91. The maximum absolute atomic E-state index is 14.0. The molecule has 5 aromatic carbocycles. The normalized spacial score (nSPS) is 13.0. The molecule has 0 bridgehead atoms.